The number of hydrogen-bond acceptors (Lipinski definition) is 3. The third-order valence-corrected chi connectivity index (χ3v) is 4.81. The third-order valence-electron chi connectivity index (χ3n) is 4.01. The number of aliphatic hydroxyl groups is 1. The summed E-state index contributed by atoms with van der Waals surface area (Å²) in [5.74, 6) is -0.0970. The van der Waals surface area contributed by atoms with Crippen LogP contribution in [0.2, 0.25) is 10.0 Å². The van der Waals surface area contributed by atoms with Gasteiger partial charge in [-0.05, 0) is 30.3 Å². The first-order chi connectivity index (χ1) is 12.0. The van der Waals surface area contributed by atoms with E-state index in [0.717, 1.165) is 0 Å². The number of rotatable bonds is 2. The van der Waals surface area contributed by atoms with Crippen LogP contribution in [-0.4, -0.2) is 27.5 Å². The molecular weight excluding hydrogens is 366 g/mol. The molecule has 0 unspecified atom stereocenters. The number of aliphatic hydroxyl groups excluding tert-OH is 1. The van der Waals surface area contributed by atoms with E-state index in [-0.39, 0.29) is 23.7 Å². The molecule has 3 N–H and O–H groups in total. The second-order valence-corrected chi connectivity index (χ2v) is 6.36. The molecule has 5 nitrogen and oxygen atoms in total. The SMILES string of the molecule is N=C1C(c2nc3ccc(F)cc3[nH]2)=C(O)CN1c1cccc(Cl)c1Cl. The molecule has 1 aliphatic heterocycles. The van der Waals surface area contributed by atoms with Gasteiger partial charge in [-0.25, -0.2) is 9.37 Å². The average molecular weight is 377 g/mol. The van der Waals surface area contributed by atoms with Crippen LogP contribution in [0.5, 0.6) is 0 Å². The number of H-pyrrole nitrogens is 1. The van der Waals surface area contributed by atoms with Crippen LogP contribution in [0.25, 0.3) is 16.6 Å². The zero-order valence-electron chi connectivity index (χ0n) is 12.6. The highest BCUT2D eigenvalue weighted by Gasteiger charge is 2.32. The molecule has 4 rings (SSSR count). The van der Waals surface area contributed by atoms with Gasteiger partial charge < -0.3 is 15.0 Å². The van der Waals surface area contributed by atoms with Gasteiger partial charge in [0.1, 0.15) is 23.2 Å². The van der Waals surface area contributed by atoms with Gasteiger partial charge in [0, 0.05) is 0 Å². The number of benzene rings is 2. The van der Waals surface area contributed by atoms with Crippen LogP contribution < -0.4 is 4.90 Å². The number of nitrogens with zero attached hydrogens (tertiary/aromatic N) is 2. The summed E-state index contributed by atoms with van der Waals surface area (Å²) in [5, 5.41) is 19.5. The summed E-state index contributed by atoms with van der Waals surface area (Å²) in [7, 11) is 0. The number of nitrogens with one attached hydrogen (secondary N) is 2. The number of imidazole rings is 1. The molecule has 0 spiro atoms. The molecule has 126 valence electrons. The van der Waals surface area contributed by atoms with Gasteiger partial charge in [0.05, 0.1) is 38.9 Å². The number of hydrogen-bond donors (Lipinski definition) is 3. The maximum absolute atomic E-state index is 13.4. The molecule has 1 aromatic heterocycles. The molecule has 0 radical (unpaired) electrons. The van der Waals surface area contributed by atoms with Gasteiger partial charge in [0.2, 0.25) is 0 Å². The van der Waals surface area contributed by atoms with Crippen LogP contribution in [0.15, 0.2) is 42.2 Å². The van der Waals surface area contributed by atoms with Crippen molar-refractivity contribution in [3.05, 3.63) is 63.8 Å². The molecule has 0 atom stereocenters. The van der Waals surface area contributed by atoms with Crippen LogP contribution in [0.4, 0.5) is 10.1 Å². The van der Waals surface area contributed by atoms with Gasteiger partial charge >= 0.3 is 0 Å². The van der Waals surface area contributed by atoms with Crippen molar-refractivity contribution in [2.45, 2.75) is 0 Å². The fourth-order valence-corrected chi connectivity index (χ4v) is 3.23. The Kier molecular flexibility index (Phi) is 3.67. The van der Waals surface area contributed by atoms with E-state index in [1.54, 1.807) is 18.2 Å². The molecule has 3 aromatic rings. The lowest BCUT2D eigenvalue weighted by atomic mass is 10.2. The summed E-state index contributed by atoms with van der Waals surface area (Å²) < 4.78 is 13.4. The molecular formula is C17H11Cl2FN4O. The Labute approximate surface area is 151 Å². The van der Waals surface area contributed by atoms with Crippen molar-refractivity contribution in [1.29, 1.82) is 5.41 Å². The normalized spacial score (nSPS) is 14.8. The minimum absolute atomic E-state index is 0.0272. The molecule has 0 bridgehead atoms. The molecule has 25 heavy (non-hydrogen) atoms. The standard InChI is InChI=1S/C17H11Cl2FN4O/c18-9-2-1-3-12(15(9)19)24-7-13(25)14(16(24)21)17-22-10-5-4-8(20)6-11(10)23-17/h1-6,21,25H,7H2,(H,22,23). The van der Waals surface area contributed by atoms with Crippen LogP contribution in [0.1, 0.15) is 5.82 Å². The Bertz CT molecular complexity index is 1060. The van der Waals surface area contributed by atoms with E-state index in [9.17, 15) is 9.50 Å². The summed E-state index contributed by atoms with van der Waals surface area (Å²) in [5.41, 5.74) is 1.79. The summed E-state index contributed by atoms with van der Waals surface area (Å²) in [4.78, 5) is 8.81. The van der Waals surface area contributed by atoms with Crippen molar-refractivity contribution < 1.29 is 9.50 Å². The van der Waals surface area contributed by atoms with Crippen LogP contribution in [0.3, 0.4) is 0 Å². The minimum atomic E-state index is -0.394. The number of aromatic amines is 1. The van der Waals surface area contributed by atoms with Crippen LogP contribution in [0, 0.1) is 11.2 Å². The number of anilines is 1. The summed E-state index contributed by atoms with van der Waals surface area (Å²) in [6.45, 7) is 0.0691. The van der Waals surface area contributed by atoms with Crippen LogP contribution in [-0.2, 0) is 0 Å². The zero-order chi connectivity index (χ0) is 17.7. The molecule has 1 aliphatic rings. The first kappa shape index (κ1) is 15.9. The van der Waals surface area contributed by atoms with E-state index in [0.29, 0.717) is 32.6 Å². The fraction of sp³-hybridized carbons (Fsp3) is 0.0588. The zero-order valence-corrected chi connectivity index (χ0v) is 14.2. The predicted octanol–water partition coefficient (Wildman–Crippen LogP) is 4.78. The quantitative estimate of drug-likeness (QED) is 0.602. The summed E-state index contributed by atoms with van der Waals surface area (Å²) in [6.07, 6.45) is 0. The monoisotopic (exact) mass is 376 g/mol. The van der Waals surface area contributed by atoms with Gasteiger partial charge in [-0.2, -0.15) is 0 Å². The van der Waals surface area contributed by atoms with E-state index in [2.05, 4.69) is 9.97 Å². The molecule has 0 amide bonds. The lowest BCUT2D eigenvalue weighted by Gasteiger charge is -2.20. The highest BCUT2D eigenvalue weighted by molar-refractivity contribution is 6.44. The fourth-order valence-electron chi connectivity index (χ4n) is 2.84. The molecule has 0 saturated carbocycles. The minimum Gasteiger partial charge on any atom is -0.509 e. The van der Waals surface area contributed by atoms with E-state index in [4.69, 9.17) is 28.6 Å². The van der Waals surface area contributed by atoms with E-state index < -0.39 is 5.82 Å². The number of fused-ring (bicyclic) bond motifs is 1. The highest BCUT2D eigenvalue weighted by Crippen LogP contribution is 2.37. The van der Waals surface area contributed by atoms with Crippen LogP contribution >= 0.6 is 23.2 Å². The van der Waals surface area contributed by atoms with Crippen molar-refractivity contribution >= 4 is 51.3 Å². The van der Waals surface area contributed by atoms with Crippen molar-refractivity contribution in [2.75, 3.05) is 11.4 Å². The van der Waals surface area contributed by atoms with Gasteiger partial charge in [-0.1, -0.05) is 29.3 Å². The molecule has 0 saturated heterocycles. The lowest BCUT2D eigenvalue weighted by molar-refractivity contribution is 0.411. The number of aromatic nitrogens is 2. The van der Waals surface area contributed by atoms with Crippen molar-refractivity contribution in [1.82, 2.24) is 9.97 Å². The second kappa shape index (κ2) is 5.75. The van der Waals surface area contributed by atoms with Crippen molar-refractivity contribution in [3.63, 3.8) is 0 Å². The third kappa shape index (κ3) is 2.54. The lowest BCUT2D eigenvalue weighted by Crippen LogP contribution is -2.26. The van der Waals surface area contributed by atoms with Crippen molar-refractivity contribution in [2.24, 2.45) is 0 Å². The molecule has 0 fully saturated rings. The average Bonchev–Trinajstić information content (AvgIpc) is 3.10. The number of halogens is 3. The van der Waals surface area contributed by atoms with E-state index in [1.807, 2.05) is 0 Å². The van der Waals surface area contributed by atoms with Crippen molar-refractivity contribution in [3.8, 4) is 0 Å². The Morgan fingerprint density at radius 3 is 2.84 bits per heavy atom. The summed E-state index contributed by atoms with van der Waals surface area (Å²) >= 11 is 12.3. The maximum Gasteiger partial charge on any atom is 0.145 e. The second-order valence-electron chi connectivity index (χ2n) is 5.58. The smallest absolute Gasteiger partial charge is 0.145 e. The highest BCUT2D eigenvalue weighted by atomic mass is 35.5. The summed E-state index contributed by atoms with van der Waals surface area (Å²) in [6, 6.07) is 9.23. The molecule has 2 aromatic carbocycles. The molecule has 8 heteroatoms. The first-order valence-corrected chi connectivity index (χ1v) is 8.09. The van der Waals surface area contributed by atoms with Gasteiger partial charge in [-0.15, -0.1) is 0 Å². The Morgan fingerprint density at radius 2 is 2.04 bits per heavy atom. The Hall–Kier alpha value is -2.57. The molecule has 0 aliphatic carbocycles. The van der Waals surface area contributed by atoms with Gasteiger partial charge in [0.25, 0.3) is 0 Å². The Balaban J connectivity index is 1.76. The Morgan fingerprint density at radius 1 is 1.24 bits per heavy atom. The van der Waals surface area contributed by atoms with Gasteiger partial charge in [0.15, 0.2) is 0 Å². The first-order valence-electron chi connectivity index (χ1n) is 7.34. The maximum atomic E-state index is 13.4. The topological polar surface area (TPSA) is 76.0 Å². The van der Waals surface area contributed by atoms with E-state index in [1.165, 1.54) is 23.1 Å². The predicted molar refractivity (Wildman–Crippen MR) is 97.1 cm³/mol. The number of amidine groups is 1. The van der Waals surface area contributed by atoms with E-state index >= 15 is 0 Å². The molecule has 2 heterocycles. The van der Waals surface area contributed by atoms with Gasteiger partial charge in [-0.3, -0.25) is 5.41 Å². The largest absolute Gasteiger partial charge is 0.509 e.